The van der Waals surface area contributed by atoms with E-state index in [1.807, 2.05) is 18.4 Å². The number of carbonyl (C=O) groups is 1. The van der Waals surface area contributed by atoms with Crippen molar-refractivity contribution >= 4 is 17.5 Å². The van der Waals surface area contributed by atoms with Crippen LogP contribution in [0.5, 0.6) is 0 Å². The average molecular weight is 230 g/mol. The second-order valence-electron chi connectivity index (χ2n) is 3.91. The van der Waals surface area contributed by atoms with Crippen molar-refractivity contribution in [2.24, 2.45) is 0 Å². The van der Waals surface area contributed by atoms with E-state index in [9.17, 15) is 4.79 Å². The SMILES string of the molecule is CC(C)n1cncc1C(Cl)C(=O)N(C)C. The van der Waals surface area contributed by atoms with Gasteiger partial charge in [-0.05, 0) is 13.8 Å². The third kappa shape index (κ3) is 2.50. The number of likely N-dealkylation sites (N-methyl/N-ethyl adjacent to an activating group) is 1. The molecule has 1 atom stereocenters. The molecule has 15 heavy (non-hydrogen) atoms. The normalized spacial score (nSPS) is 12.9. The number of alkyl halides is 1. The quantitative estimate of drug-likeness (QED) is 0.742. The fourth-order valence-electron chi connectivity index (χ4n) is 1.30. The lowest BCUT2D eigenvalue weighted by molar-refractivity contribution is -0.128. The van der Waals surface area contributed by atoms with Crippen molar-refractivity contribution in [3.05, 3.63) is 18.2 Å². The molecule has 0 radical (unpaired) electrons. The van der Waals surface area contributed by atoms with Crippen molar-refractivity contribution in [2.75, 3.05) is 14.1 Å². The Bertz CT molecular complexity index is 346. The molecule has 0 N–H and O–H groups in total. The molecule has 0 saturated carbocycles. The van der Waals surface area contributed by atoms with Crippen LogP contribution in [0.2, 0.25) is 0 Å². The van der Waals surface area contributed by atoms with E-state index in [0.29, 0.717) is 0 Å². The molecular formula is C10H16ClN3O. The third-order valence-electron chi connectivity index (χ3n) is 2.17. The largest absolute Gasteiger partial charge is 0.347 e. The Morgan fingerprint density at radius 3 is 2.60 bits per heavy atom. The first kappa shape index (κ1) is 12.0. The first-order valence-electron chi connectivity index (χ1n) is 4.82. The van der Waals surface area contributed by atoms with Crippen molar-refractivity contribution in [1.82, 2.24) is 14.5 Å². The molecule has 1 heterocycles. The second-order valence-corrected chi connectivity index (χ2v) is 4.35. The molecule has 0 aromatic carbocycles. The monoisotopic (exact) mass is 229 g/mol. The van der Waals surface area contributed by atoms with E-state index in [1.165, 1.54) is 4.90 Å². The van der Waals surface area contributed by atoms with E-state index in [-0.39, 0.29) is 11.9 Å². The number of hydrogen-bond acceptors (Lipinski definition) is 2. The van der Waals surface area contributed by atoms with Gasteiger partial charge in [-0.25, -0.2) is 4.98 Å². The zero-order chi connectivity index (χ0) is 11.6. The van der Waals surface area contributed by atoms with Crippen LogP contribution in [0.1, 0.15) is 31.0 Å². The average Bonchev–Trinajstić information content (AvgIpc) is 2.63. The Hall–Kier alpha value is -1.03. The maximum absolute atomic E-state index is 11.7. The number of aromatic nitrogens is 2. The number of imidazole rings is 1. The molecule has 0 aliphatic heterocycles. The minimum Gasteiger partial charge on any atom is -0.347 e. The Balaban J connectivity index is 2.96. The van der Waals surface area contributed by atoms with E-state index < -0.39 is 5.38 Å². The van der Waals surface area contributed by atoms with Gasteiger partial charge in [-0.3, -0.25) is 4.79 Å². The van der Waals surface area contributed by atoms with Crippen molar-refractivity contribution in [1.29, 1.82) is 0 Å². The minimum absolute atomic E-state index is 0.126. The van der Waals surface area contributed by atoms with Crippen molar-refractivity contribution in [2.45, 2.75) is 25.3 Å². The molecule has 0 fully saturated rings. The summed E-state index contributed by atoms with van der Waals surface area (Å²) in [6.07, 6.45) is 3.33. The Kier molecular flexibility index (Phi) is 3.74. The Morgan fingerprint density at radius 1 is 1.53 bits per heavy atom. The number of amides is 1. The van der Waals surface area contributed by atoms with Gasteiger partial charge in [0.15, 0.2) is 5.38 Å². The molecule has 1 aromatic rings. The molecular weight excluding hydrogens is 214 g/mol. The van der Waals surface area contributed by atoms with Crippen molar-refractivity contribution < 1.29 is 4.79 Å². The summed E-state index contributed by atoms with van der Waals surface area (Å²) in [6, 6.07) is 0.249. The van der Waals surface area contributed by atoms with Gasteiger partial charge in [-0.2, -0.15) is 0 Å². The Morgan fingerprint density at radius 2 is 2.13 bits per heavy atom. The zero-order valence-corrected chi connectivity index (χ0v) is 10.2. The summed E-state index contributed by atoms with van der Waals surface area (Å²) in [5, 5.41) is -0.662. The third-order valence-corrected chi connectivity index (χ3v) is 2.58. The van der Waals surface area contributed by atoms with Gasteiger partial charge in [0, 0.05) is 20.1 Å². The van der Waals surface area contributed by atoms with Gasteiger partial charge in [-0.1, -0.05) is 0 Å². The summed E-state index contributed by atoms with van der Waals surface area (Å²) in [4.78, 5) is 17.2. The van der Waals surface area contributed by atoms with E-state index in [2.05, 4.69) is 4.98 Å². The number of carbonyl (C=O) groups excluding carboxylic acids is 1. The van der Waals surface area contributed by atoms with E-state index in [1.54, 1.807) is 26.6 Å². The number of hydrogen-bond donors (Lipinski definition) is 0. The molecule has 1 aromatic heterocycles. The van der Waals surface area contributed by atoms with Gasteiger partial charge >= 0.3 is 0 Å². The van der Waals surface area contributed by atoms with Crippen LogP contribution in [0.25, 0.3) is 0 Å². The van der Waals surface area contributed by atoms with Gasteiger partial charge < -0.3 is 9.47 Å². The topological polar surface area (TPSA) is 38.1 Å². The summed E-state index contributed by atoms with van der Waals surface area (Å²) >= 11 is 6.09. The van der Waals surface area contributed by atoms with Crippen LogP contribution in [0, 0.1) is 0 Å². The summed E-state index contributed by atoms with van der Waals surface area (Å²) in [6.45, 7) is 4.05. The lowest BCUT2D eigenvalue weighted by Gasteiger charge is -2.18. The molecule has 0 aliphatic rings. The fourth-order valence-corrected chi connectivity index (χ4v) is 1.66. The molecule has 0 bridgehead atoms. The van der Waals surface area contributed by atoms with Crippen molar-refractivity contribution in [3.8, 4) is 0 Å². The molecule has 1 rings (SSSR count). The van der Waals surface area contributed by atoms with Gasteiger partial charge in [0.2, 0.25) is 5.91 Å². The lowest BCUT2D eigenvalue weighted by atomic mass is 10.2. The zero-order valence-electron chi connectivity index (χ0n) is 9.44. The van der Waals surface area contributed by atoms with Gasteiger partial charge in [0.05, 0.1) is 18.2 Å². The second kappa shape index (κ2) is 4.66. The molecule has 4 nitrogen and oxygen atoms in total. The molecule has 5 heteroatoms. The lowest BCUT2D eigenvalue weighted by Crippen LogP contribution is -2.27. The van der Waals surface area contributed by atoms with Crippen LogP contribution >= 0.6 is 11.6 Å². The standard InChI is InChI=1S/C10H16ClN3O/c1-7(2)14-6-12-5-8(14)9(11)10(15)13(3)4/h5-7,9H,1-4H3. The molecule has 1 amide bonds. The highest BCUT2D eigenvalue weighted by atomic mass is 35.5. The van der Waals surface area contributed by atoms with Crippen LogP contribution in [0.15, 0.2) is 12.5 Å². The first-order chi connectivity index (χ1) is 6.95. The molecule has 1 unspecified atom stereocenters. The summed E-state index contributed by atoms with van der Waals surface area (Å²) in [5.74, 6) is -0.126. The summed E-state index contributed by atoms with van der Waals surface area (Å²) in [7, 11) is 3.38. The molecule has 0 saturated heterocycles. The van der Waals surface area contributed by atoms with Crippen LogP contribution in [0.3, 0.4) is 0 Å². The summed E-state index contributed by atoms with van der Waals surface area (Å²) < 4.78 is 1.90. The van der Waals surface area contributed by atoms with Crippen LogP contribution in [0.4, 0.5) is 0 Å². The Labute approximate surface area is 94.8 Å². The van der Waals surface area contributed by atoms with Crippen LogP contribution in [-0.2, 0) is 4.79 Å². The van der Waals surface area contributed by atoms with Gasteiger partial charge in [-0.15, -0.1) is 11.6 Å². The van der Waals surface area contributed by atoms with Crippen molar-refractivity contribution in [3.63, 3.8) is 0 Å². The van der Waals surface area contributed by atoms with Crippen LogP contribution < -0.4 is 0 Å². The van der Waals surface area contributed by atoms with Gasteiger partial charge in [0.1, 0.15) is 0 Å². The molecule has 0 aliphatic carbocycles. The predicted molar refractivity (Wildman–Crippen MR) is 59.9 cm³/mol. The predicted octanol–water partition coefficient (Wildman–Crippen LogP) is 1.83. The number of rotatable bonds is 3. The van der Waals surface area contributed by atoms with E-state index in [4.69, 9.17) is 11.6 Å². The highest BCUT2D eigenvalue weighted by Crippen LogP contribution is 2.24. The first-order valence-corrected chi connectivity index (χ1v) is 5.25. The molecule has 84 valence electrons. The minimum atomic E-state index is -0.662. The van der Waals surface area contributed by atoms with E-state index >= 15 is 0 Å². The highest BCUT2D eigenvalue weighted by Gasteiger charge is 2.23. The highest BCUT2D eigenvalue weighted by molar-refractivity contribution is 6.30. The van der Waals surface area contributed by atoms with Gasteiger partial charge in [0.25, 0.3) is 0 Å². The molecule has 0 spiro atoms. The maximum atomic E-state index is 11.7. The number of nitrogens with zero attached hydrogens (tertiary/aromatic N) is 3. The van der Waals surface area contributed by atoms with Crippen LogP contribution in [-0.4, -0.2) is 34.5 Å². The number of halogens is 1. The maximum Gasteiger partial charge on any atom is 0.246 e. The smallest absolute Gasteiger partial charge is 0.246 e. The summed E-state index contributed by atoms with van der Waals surface area (Å²) in [5.41, 5.74) is 0.741. The fraction of sp³-hybridized carbons (Fsp3) is 0.600. The van der Waals surface area contributed by atoms with E-state index in [0.717, 1.165) is 5.69 Å².